The van der Waals surface area contributed by atoms with Crippen LogP contribution in [0.4, 0.5) is 13.2 Å². The van der Waals surface area contributed by atoms with Gasteiger partial charge in [0.25, 0.3) is 6.43 Å². The molecule has 0 aliphatic carbocycles. The first-order valence-electron chi connectivity index (χ1n) is 3.00. The van der Waals surface area contributed by atoms with Crippen LogP contribution in [0.25, 0.3) is 0 Å². The second-order valence-electron chi connectivity index (χ2n) is 2.08. The molecule has 0 atom stereocenters. The first-order chi connectivity index (χ1) is 5.11. The van der Waals surface area contributed by atoms with E-state index >= 15 is 0 Å². The third-order valence-electron chi connectivity index (χ3n) is 1.28. The van der Waals surface area contributed by atoms with Crippen molar-refractivity contribution < 1.29 is 13.2 Å². The maximum Gasteiger partial charge on any atom is 0.257 e. The minimum atomic E-state index is -2.51. The van der Waals surface area contributed by atoms with Crippen molar-refractivity contribution in [1.82, 2.24) is 9.78 Å². The highest BCUT2D eigenvalue weighted by Gasteiger charge is 2.10. The van der Waals surface area contributed by atoms with Gasteiger partial charge in [0.05, 0.1) is 5.69 Å². The Morgan fingerprint density at radius 3 is 2.64 bits per heavy atom. The van der Waals surface area contributed by atoms with Crippen LogP contribution in [0.15, 0.2) is 0 Å². The molecular weight excluding hydrogens is 157 g/mol. The van der Waals surface area contributed by atoms with Gasteiger partial charge < -0.3 is 0 Å². The van der Waals surface area contributed by atoms with Crippen molar-refractivity contribution in [3.8, 4) is 0 Å². The first kappa shape index (κ1) is 8.10. The number of rotatable bonds is 2. The summed E-state index contributed by atoms with van der Waals surface area (Å²) in [6.07, 6.45) is -0.557. The maximum absolute atomic E-state index is 12.4. The summed E-state index contributed by atoms with van der Waals surface area (Å²) < 4.78 is 36.7. The summed E-state index contributed by atoms with van der Waals surface area (Å²) in [5, 5.41) is 3.29. The lowest BCUT2D eigenvalue weighted by Crippen LogP contribution is -2.09. The van der Waals surface area contributed by atoms with E-state index in [-0.39, 0.29) is 5.69 Å². The molecule has 0 saturated heterocycles. The number of halogens is 3. The van der Waals surface area contributed by atoms with Crippen LogP contribution < -0.4 is 0 Å². The topological polar surface area (TPSA) is 17.8 Å². The van der Waals surface area contributed by atoms with Crippen LogP contribution in [0.5, 0.6) is 0 Å². The molecule has 1 rings (SSSR count). The molecule has 0 unspecified atom stereocenters. The van der Waals surface area contributed by atoms with E-state index in [0.29, 0.717) is 0 Å². The normalized spacial score (nSPS) is 11.0. The van der Waals surface area contributed by atoms with E-state index in [1.807, 2.05) is 6.20 Å². The molecule has 1 aromatic rings. The van der Waals surface area contributed by atoms with Gasteiger partial charge in [-0.2, -0.15) is 5.10 Å². The van der Waals surface area contributed by atoms with Gasteiger partial charge in [0, 0.05) is 0 Å². The van der Waals surface area contributed by atoms with E-state index in [0.717, 1.165) is 4.68 Å². The Morgan fingerprint density at radius 2 is 2.27 bits per heavy atom. The van der Waals surface area contributed by atoms with Crippen molar-refractivity contribution in [1.29, 1.82) is 0 Å². The number of hydrogen-bond acceptors (Lipinski definition) is 1. The molecule has 2 nitrogen and oxygen atoms in total. The SMILES string of the molecule is Cc1c(F)[c]nn1CC(F)F. The molecule has 0 aromatic carbocycles. The molecule has 11 heavy (non-hydrogen) atoms. The van der Waals surface area contributed by atoms with Crippen LogP contribution in [-0.2, 0) is 6.54 Å². The second kappa shape index (κ2) is 2.94. The Labute approximate surface area is 61.6 Å². The van der Waals surface area contributed by atoms with Gasteiger partial charge in [0.1, 0.15) is 6.54 Å². The van der Waals surface area contributed by atoms with Crippen molar-refractivity contribution in [2.75, 3.05) is 0 Å². The molecule has 0 aliphatic heterocycles. The summed E-state index contributed by atoms with van der Waals surface area (Å²) in [7, 11) is 0. The highest BCUT2D eigenvalue weighted by atomic mass is 19.3. The van der Waals surface area contributed by atoms with E-state index < -0.39 is 18.8 Å². The van der Waals surface area contributed by atoms with E-state index in [4.69, 9.17) is 0 Å². The zero-order valence-electron chi connectivity index (χ0n) is 5.81. The average Bonchev–Trinajstić information content (AvgIpc) is 2.18. The van der Waals surface area contributed by atoms with Crippen molar-refractivity contribution in [3.05, 3.63) is 17.7 Å². The maximum atomic E-state index is 12.4. The molecule has 1 radical (unpaired) electrons. The Hall–Kier alpha value is -1.00. The third kappa shape index (κ3) is 1.72. The van der Waals surface area contributed by atoms with Gasteiger partial charge in [0.15, 0.2) is 12.0 Å². The van der Waals surface area contributed by atoms with E-state index in [9.17, 15) is 13.2 Å². The number of nitrogens with zero attached hydrogens (tertiary/aromatic N) is 2. The lowest BCUT2D eigenvalue weighted by Gasteiger charge is -2.01. The van der Waals surface area contributed by atoms with Gasteiger partial charge in [-0.15, -0.1) is 0 Å². The molecule has 1 aromatic heterocycles. The van der Waals surface area contributed by atoms with Crippen LogP contribution >= 0.6 is 0 Å². The van der Waals surface area contributed by atoms with Crippen LogP contribution in [-0.4, -0.2) is 16.2 Å². The van der Waals surface area contributed by atoms with Crippen LogP contribution in [0, 0.1) is 18.9 Å². The molecule has 0 bridgehead atoms. The van der Waals surface area contributed by atoms with Crippen molar-refractivity contribution in [2.24, 2.45) is 0 Å². The monoisotopic (exact) mass is 163 g/mol. The van der Waals surface area contributed by atoms with Crippen molar-refractivity contribution >= 4 is 0 Å². The summed E-state index contributed by atoms with van der Waals surface area (Å²) >= 11 is 0. The van der Waals surface area contributed by atoms with Crippen molar-refractivity contribution in [2.45, 2.75) is 19.9 Å². The minimum Gasteiger partial charge on any atom is -0.260 e. The largest absolute Gasteiger partial charge is 0.260 e. The summed E-state index contributed by atoms with van der Waals surface area (Å²) in [5.74, 6) is -0.675. The molecule has 0 fully saturated rings. The summed E-state index contributed by atoms with van der Waals surface area (Å²) in [4.78, 5) is 0. The molecule has 0 aliphatic rings. The molecule has 0 saturated carbocycles. The lowest BCUT2D eigenvalue weighted by atomic mass is 10.4. The molecule has 61 valence electrons. The quantitative estimate of drug-likeness (QED) is 0.644. The van der Waals surface area contributed by atoms with Gasteiger partial charge in [-0.05, 0) is 6.92 Å². The highest BCUT2D eigenvalue weighted by Crippen LogP contribution is 2.05. The van der Waals surface area contributed by atoms with Gasteiger partial charge in [-0.25, -0.2) is 13.2 Å². The molecule has 5 heteroatoms. The summed E-state index contributed by atoms with van der Waals surface area (Å²) in [6.45, 7) is 0.799. The lowest BCUT2D eigenvalue weighted by molar-refractivity contribution is 0.120. The molecule has 1 heterocycles. The van der Waals surface area contributed by atoms with Crippen molar-refractivity contribution in [3.63, 3.8) is 0 Å². The Kier molecular flexibility index (Phi) is 2.16. The Balaban J connectivity index is 2.79. The zero-order chi connectivity index (χ0) is 8.43. The van der Waals surface area contributed by atoms with Gasteiger partial charge in [0.2, 0.25) is 0 Å². The average molecular weight is 163 g/mol. The fraction of sp³-hybridized carbons (Fsp3) is 0.500. The van der Waals surface area contributed by atoms with E-state index in [2.05, 4.69) is 5.10 Å². The summed E-state index contributed by atoms with van der Waals surface area (Å²) in [6, 6.07) is 0. The Morgan fingerprint density at radius 1 is 1.64 bits per heavy atom. The summed E-state index contributed by atoms with van der Waals surface area (Å²) in [5.41, 5.74) is 0.0882. The molecule has 0 spiro atoms. The van der Waals surface area contributed by atoms with E-state index in [1.165, 1.54) is 6.92 Å². The number of alkyl halides is 2. The van der Waals surface area contributed by atoms with Crippen LogP contribution in [0.1, 0.15) is 5.69 Å². The molecule has 0 amide bonds. The number of aromatic nitrogens is 2. The predicted molar refractivity (Wildman–Crippen MR) is 31.8 cm³/mol. The standard InChI is InChI=1S/C6H6F3N2/c1-4-5(7)2-10-11(4)3-6(8)9/h6H,3H2,1H3. The molecule has 0 N–H and O–H groups in total. The minimum absolute atomic E-state index is 0.0882. The molecular formula is C6H6F3N2. The first-order valence-corrected chi connectivity index (χ1v) is 3.00. The smallest absolute Gasteiger partial charge is 0.257 e. The van der Waals surface area contributed by atoms with E-state index in [1.54, 1.807) is 0 Å². The Bertz CT molecular complexity index is 244. The second-order valence-corrected chi connectivity index (χ2v) is 2.08. The van der Waals surface area contributed by atoms with Gasteiger partial charge >= 0.3 is 0 Å². The third-order valence-corrected chi connectivity index (χ3v) is 1.28. The van der Waals surface area contributed by atoms with Gasteiger partial charge in [-0.3, -0.25) is 4.68 Å². The number of hydrogen-bond donors (Lipinski definition) is 0. The van der Waals surface area contributed by atoms with Gasteiger partial charge in [-0.1, -0.05) is 0 Å². The highest BCUT2D eigenvalue weighted by molar-refractivity contribution is 4.99. The van der Waals surface area contributed by atoms with Crippen LogP contribution in [0.3, 0.4) is 0 Å². The predicted octanol–water partition coefficient (Wildman–Crippen LogP) is 1.40. The fourth-order valence-corrected chi connectivity index (χ4v) is 0.682. The fourth-order valence-electron chi connectivity index (χ4n) is 0.682. The zero-order valence-corrected chi connectivity index (χ0v) is 5.81. The van der Waals surface area contributed by atoms with Crippen LogP contribution in [0.2, 0.25) is 0 Å².